The standard InChI is InChI=1S/C2H2O8S.4Li.4H/c3-1(4)9-11(7,8)10-2(5)6;;;;;;;;/h(H,3,4)(H,5,6);;;;;;;;. The van der Waals surface area contributed by atoms with Crippen molar-refractivity contribution in [1.82, 2.24) is 0 Å². The zero-order valence-electron chi connectivity index (χ0n) is 4.75. The van der Waals surface area contributed by atoms with E-state index in [-0.39, 0.29) is 75.4 Å². The normalized spacial score (nSPS) is 7.47. The Morgan fingerprint density at radius 1 is 0.800 bits per heavy atom. The molecule has 0 bridgehead atoms. The molecule has 13 heteroatoms. The van der Waals surface area contributed by atoms with Crippen LogP contribution < -0.4 is 0 Å². The molecule has 0 heterocycles. The van der Waals surface area contributed by atoms with E-state index in [1.165, 1.54) is 0 Å². The molecule has 0 aliphatic heterocycles. The maximum atomic E-state index is 10.0. The van der Waals surface area contributed by atoms with Crippen molar-refractivity contribution in [2.24, 2.45) is 0 Å². The monoisotopic (exact) mass is 218 g/mol. The molecule has 0 unspecified atom stereocenters. The molecule has 0 atom stereocenters. The Balaban J connectivity index is -0.0000000833. The second kappa shape index (κ2) is 12.9. The van der Waals surface area contributed by atoms with Gasteiger partial charge in [-0.2, -0.15) is 0 Å². The molecule has 0 aliphatic carbocycles. The fourth-order valence-electron chi connectivity index (χ4n) is 0.192. The third-order valence-corrected chi connectivity index (χ3v) is 1.04. The summed E-state index contributed by atoms with van der Waals surface area (Å²) in [6, 6.07) is 0. The zero-order chi connectivity index (χ0) is 9.07. The molecule has 0 amide bonds. The molecule has 2 N–H and O–H groups in total. The first-order chi connectivity index (χ1) is 4.83. The van der Waals surface area contributed by atoms with E-state index < -0.39 is 22.7 Å². The molecule has 0 saturated heterocycles. The van der Waals surface area contributed by atoms with Crippen molar-refractivity contribution in [3.63, 3.8) is 0 Å². The molecule has 0 spiro atoms. The van der Waals surface area contributed by atoms with E-state index in [4.69, 9.17) is 10.2 Å². The van der Waals surface area contributed by atoms with E-state index >= 15 is 0 Å². The van der Waals surface area contributed by atoms with Crippen LogP contribution in [-0.4, -0.2) is 106 Å². The number of carbonyl (C=O) groups is 2. The molecule has 15 heavy (non-hydrogen) atoms. The number of hydrogen-bond donors (Lipinski definition) is 2. The van der Waals surface area contributed by atoms with Crippen molar-refractivity contribution in [2.45, 2.75) is 0 Å². The first-order valence-corrected chi connectivity index (χ1v) is 3.26. The van der Waals surface area contributed by atoms with Crippen LogP contribution in [0.3, 0.4) is 0 Å². The van der Waals surface area contributed by atoms with Gasteiger partial charge in [-0.3, -0.25) is 8.37 Å². The summed E-state index contributed by atoms with van der Waals surface area (Å²) < 4.78 is 26.2. The van der Waals surface area contributed by atoms with Gasteiger partial charge in [-0.15, -0.1) is 8.42 Å². The molecule has 0 aromatic carbocycles. The van der Waals surface area contributed by atoms with Gasteiger partial charge in [0.15, 0.2) is 0 Å². The average Bonchev–Trinajstić information content (AvgIpc) is 1.53. The molecule has 0 fully saturated rings. The van der Waals surface area contributed by atoms with Crippen molar-refractivity contribution < 1.29 is 36.6 Å². The Morgan fingerprint density at radius 2 is 1.00 bits per heavy atom. The van der Waals surface area contributed by atoms with Crippen LogP contribution in [0.25, 0.3) is 0 Å². The molecule has 8 nitrogen and oxygen atoms in total. The van der Waals surface area contributed by atoms with Gasteiger partial charge in [0, 0.05) is 0 Å². The van der Waals surface area contributed by atoms with Gasteiger partial charge in [0.05, 0.1) is 0 Å². The topological polar surface area (TPSA) is 127 Å². The van der Waals surface area contributed by atoms with Gasteiger partial charge in [-0.05, 0) is 0 Å². The molecule has 0 rings (SSSR count). The van der Waals surface area contributed by atoms with E-state index in [9.17, 15) is 18.0 Å². The third kappa shape index (κ3) is 20.9. The van der Waals surface area contributed by atoms with Gasteiger partial charge in [0.25, 0.3) is 0 Å². The van der Waals surface area contributed by atoms with Crippen molar-refractivity contribution in [3.05, 3.63) is 0 Å². The van der Waals surface area contributed by atoms with Crippen LogP contribution in [0.4, 0.5) is 9.59 Å². The summed E-state index contributed by atoms with van der Waals surface area (Å²) in [5.74, 6) is 0. The second-order valence-corrected chi connectivity index (χ2v) is 2.26. The Bertz CT molecular complexity index is 250. The van der Waals surface area contributed by atoms with Gasteiger partial charge >= 0.3 is 98.2 Å². The Labute approximate surface area is 133 Å². The van der Waals surface area contributed by atoms with E-state index in [1.807, 2.05) is 0 Å². The van der Waals surface area contributed by atoms with Crippen LogP contribution >= 0.6 is 0 Å². The van der Waals surface area contributed by atoms with E-state index in [0.29, 0.717) is 0 Å². The molecule has 0 radical (unpaired) electrons. The van der Waals surface area contributed by atoms with Crippen molar-refractivity contribution >= 4 is 98.2 Å². The van der Waals surface area contributed by atoms with Crippen LogP contribution in [0.2, 0.25) is 0 Å². The summed E-state index contributed by atoms with van der Waals surface area (Å²) >= 11 is 0. The quantitative estimate of drug-likeness (QED) is 0.470. The summed E-state index contributed by atoms with van der Waals surface area (Å²) in [6.45, 7) is 0. The molecular formula is C2H6Li4O8S. The van der Waals surface area contributed by atoms with Gasteiger partial charge in [0.1, 0.15) is 0 Å². The molecular weight excluding hydrogens is 212 g/mol. The van der Waals surface area contributed by atoms with E-state index in [0.717, 1.165) is 0 Å². The number of rotatable bonds is 2. The summed E-state index contributed by atoms with van der Waals surface area (Å²) in [6.07, 6.45) is -4.35. The van der Waals surface area contributed by atoms with E-state index in [1.54, 1.807) is 0 Å². The third-order valence-electron chi connectivity index (χ3n) is 0.347. The molecule has 72 valence electrons. The Kier molecular flexibility index (Phi) is 25.6. The van der Waals surface area contributed by atoms with Crippen LogP contribution in [0.1, 0.15) is 0 Å². The predicted molar refractivity (Wildman–Crippen MR) is 55.7 cm³/mol. The first-order valence-electron chi connectivity index (χ1n) is 1.93. The summed E-state index contributed by atoms with van der Waals surface area (Å²) in [5.41, 5.74) is 0. The SMILES string of the molecule is O=C(O)OS(=O)(=O)OC(=O)O.[LiH].[LiH].[LiH].[LiH]. The van der Waals surface area contributed by atoms with Crippen molar-refractivity contribution in [2.75, 3.05) is 0 Å². The average molecular weight is 218 g/mol. The fraction of sp³-hybridized carbons (Fsp3) is 0. The summed E-state index contributed by atoms with van der Waals surface area (Å²) in [4.78, 5) is 19.0. The minimum absolute atomic E-state index is 0. The Hall–Kier alpha value is 0.880. The van der Waals surface area contributed by atoms with Crippen LogP contribution in [0, 0.1) is 0 Å². The van der Waals surface area contributed by atoms with Gasteiger partial charge in [-0.25, -0.2) is 9.59 Å². The molecule has 0 aliphatic rings. The van der Waals surface area contributed by atoms with Gasteiger partial charge in [0.2, 0.25) is 0 Å². The predicted octanol–water partition coefficient (Wildman–Crippen LogP) is -2.97. The fourth-order valence-corrected chi connectivity index (χ4v) is 0.575. The number of hydrogen-bond acceptors (Lipinski definition) is 6. The molecule has 0 saturated carbocycles. The van der Waals surface area contributed by atoms with Gasteiger partial charge < -0.3 is 10.2 Å². The Morgan fingerprint density at radius 3 is 1.13 bits per heavy atom. The summed E-state index contributed by atoms with van der Waals surface area (Å²) in [7, 11) is -4.98. The molecule has 0 aromatic rings. The minimum atomic E-state index is -4.98. The van der Waals surface area contributed by atoms with Gasteiger partial charge in [-0.1, -0.05) is 0 Å². The zero-order valence-corrected chi connectivity index (χ0v) is 5.57. The number of carboxylic acid groups (broad SMARTS) is 2. The second-order valence-electron chi connectivity index (χ2n) is 1.11. The van der Waals surface area contributed by atoms with Crippen LogP contribution in [0.15, 0.2) is 0 Å². The molecule has 0 aromatic heterocycles. The summed E-state index contributed by atoms with van der Waals surface area (Å²) in [5, 5.41) is 15.4. The maximum absolute atomic E-state index is 10.0. The first kappa shape index (κ1) is 29.7. The van der Waals surface area contributed by atoms with Crippen LogP contribution in [-0.2, 0) is 18.8 Å². The van der Waals surface area contributed by atoms with E-state index in [2.05, 4.69) is 8.37 Å². The van der Waals surface area contributed by atoms with Crippen LogP contribution in [0.5, 0.6) is 0 Å². The van der Waals surface area contributed by atoms with Crippen molar-refractivity contribution in [1.29, 1.82) is 0 Å². The van der Waals surface area contributed by atoms with Crippen molar-refractivity contribution in [3.8, 4) is 0 Å².